The van der Waals surface area contributed by atoms with Crippen LogP contribution in [0, 0.1) is 5.82 Å². The number of hydrogen-bond donors (Lipinski definition) is 0. The zero-order valence-electron chi connectivity index (χ0n) is 15.9. The van der Waals surface area contributed by atoms with E-state index in [2.05, 4.69) is 9.97 Å². The maximum Gasteiger partial charge on any atom is 0.325 e. The van der Waals surface area contributed by atoms with Gasteiger partial charge >= 0.3 is 6.03 Å². The van der Waals surface area contributed by atoms with Crippen LogP contribution >= 0.6 is 0 Å². The molecule has 0 unspecified atom stereocenters. The monoisotopic (exact) mass is 399 g/mol. The van der Waals surface area contributed by atoms with E-state index in [0.717, 1.165) is 12.8 Å². The number of benzene rings is 1. The van der Waals surface area contributed by atoms with Gasteiger partial charge in [0.25, 0.3) is 0 Å². The van der Waals surface area contributed by atoms with E-state index in [1.807, 2.05) is 0 Å². The Labute approximate surface area is 167 Å². The average Bonchev–Trinajstić information content (AvgIpc) is 3.10. The minimum Gasteiger partial charge on any atom is -0.471 e. The lowest BCUT2D eigenvalue weighted by molar-refractivity contribution is -0.134. The first-order chi connectivity index (χ1) is 14.1. The van der Waals surface area contributed by atoms with Crippen molar-refractivity contribution in [1.82, 2.24) is 19.8 Å². The molecule has 2 aliphatic heterocycles. The molecule has 3 heterocycles. The van der Waals surface area contributed by atoms with Crippen LogP contribution in [-0.2, 0) is 4.79 Å². The Morgan fingerprint density at radius 3 is 2.76 bits per heavy atom. The molecule has 0 saturated carbocycles. The summed E-state index contributed by atoms with van der Waals surface area (Å²) in [6.45, 7) is 2.04. The standard InChI is InChI=1S/C20H22FN5O3/c21-15-3-5-16(6-4-15)26-11-10-25(20(26)28)14-19(27)24-9-1-2-17(13-24)29-18-12-22-7-8-23-18/h3-8,12,17H,1-2,9-11,13-14H2/t17-/m1/s1. The Bertz CT molecular complexity index is 864. The smallest absolute Gasteiger partial charge is 0.325 e. The third-order valence-electron chi connectivity index (χ3n) is 5.12. The molecule has 0 spiro atoms. The fraction of sp³-hybridized carbons (Fsp3) is 0.400. The van der Waals surface area contributed by atoms with Gasteiger partial charge in [-0.3, -0.25) is 14.7 Å². The summed E-state index contributed by atoms with van der Waals surface area (Å²) in [6.07, 6.45) is 6.20. The maximum atomic E-state index is 13.1. The lowest BCUT2D eigenvalue weighted by Gasteiger charge is -2.33. The van der Waals surface area contributed by atoms with Crippen molar-refractivity contribution in [3.63, 3.8) is 0 Å². The first-order valence-corrected chi connectivity index (χ1v) is 9.62. The van der Waals surface area contributed by atoms with Crippen molar-refractivity contribution in [2.75, 3.05) is 37.6 Å². The van der Waals surface area contributed by atoms with Crippen molar-refractivity contribution in [3.05, 3.63) is 48.7 Å². The van der Waals surface area contributed by atoms with Gasteiger partial charge in [-0.15, -0.1) is 0 Å². The topological polar surface area (TPSA) is 78.9 Å². The Morgan fingerprint density at radius 1 is 1.17 bits per heavy atom. The van der Waals surface area contributed by atoms with Gasteiger partial charge in [-0.05, 0) is 37.1 Å². The van der Waals surface area contributed by atoms with Crippen LogP contribution in [0.5, 0.6) is 5.88 Å². The molecule has 1 atom stereocenters. The number of rotatable bonds is 5. The summed E-state index contributed by atoms with van der Waals surface area (Å²) in [6, 6.07) is 5.53. The molecule has 29 heavy (non-hydrogen) atoms. The highest BCUT2D eigenvalue weighted by atomic mass is 19.1. The lowest BCUT2D eigenvalue weighted by Crippen LogP contribution is -2.48. The predicted octanol–water partition coefficient (Wildman–Crippen LogP) is 1.93. The predicted molar refractivity (Wildman–Crippen MR) is 103 cm³/mol. The second kappa shape index (κ2) is 8.42. The van der Waals surface area contributed by atoms with Gasteiger partial charge in [-0.25, -0.2) is 14.2 Å². The van der Waals surface area contributed by atoms with E-state index in [1.165, 1.54) is 17.0 Å². The molecule has 2 aliphatic rings. The number of ether oxygens (including phenoxy) is 1. The number of hydrogen-bond acceptors (Lipinski definition) is 5. The van der Waals surface area contributed by atoms with E-state index in [0.29, 0.717) is 37.7 Å². The molecule has 8 nitrogen and oxygen atoms in total. The number of aromatic nitrogens is 2. The van der Waals surface area contributed by atoms with Gasteiger partial charge in [0, 0.05) is 37.7 Å². The summed E-state index contributed by atoms with van der Waals surface area (Å²) in [5, 5.41) is 0. The Balaban J connectivity index is 1.33. The molecule has 2 aromatic rings. The molecule has 2 saturated heterocycles. The minimum absolute atomic E-state index is 0.0222. The molecule has 0 bridgehead atoms. The average molecular weight is 399 g/mol. The summed E-state index contributed by atoms with van der Waals surface area (Å²) in [5.74, 6) is -0.0148. The molecule has 0 aliphatic carbocycles. The highest BCUT2D eigenvalue weighted by molar-refractivity contribution is 5.96. The Morgan fingerprint density at radius 2 is 2.00 bits per heavy atom. The Hall–Kier alpha value is -3.23. The van der Waals surface area contributed by atoms with Crippen molar-refractivity contribution in [1.29, 1.82) is 0 Å². The first kappa shape index (κ1) is 19.1. The van der Waals surface area contributed by atoms with Crippen LogP contribution in [0.25, 0.3) is 0 Å². The van der Waals surface area contributed by atoms with Crippen LogP contribution in [0.2, 0.25) is 0 Å². The largest absolute Gasteiger partial charge is 0.471 e. The third kappa shape index (κ3) is 4.44. The fourth-order valence-electron chi connectivity index (χ4n) is 3.63. The van der Waals surface area contributed by atoms with E-state index >= 15 is 0 Å². The van der Waals surface area contributed by atoms with Gasteiger partial charge in [-0.1, -0.05) is 0 Å². The van der Waals surface area contributed by atoms with Gasteiger partial charge in [0.2, 0.25) is 11.8 Å². The molecule has 152 valence electrons. The van der Waals surface area contributed by atoms with E-state index in [-0.39, 0.29) is 30.4 Å². The van der Waals surface area contributed by atoms with E-state index in [9.17, 15) is 14.0 Å². The number of urea groups is 1. The number of carbonyl (C=O) groups is 2. The number of nitrogens with zero attached hydrogens (tertiary/aromatic N) is 5. The summed E-state index contributed by atoms with van der Waals surface area (Å²) in [5.41, 5.74) is 0.627. The third-order valence-corrected chi connectivity index (χ3v) is 5.12. The number of halogens is 1. The highest BCUT2D eigenvalue weighted by Gasteiger charge is 2.33. The first-order valence-electron chi connectivity index (χ1n) is 9.62. The summed E-state index contributed by atoms with van der Waals surface area (Å²) in [7, 11) is 0. The Kier molecular flexibility index (Phi) is 5.55. The number of piperidine rings is 1. The van der Waals surface area contributed by atoms with Crippen LogP contribution in [-0.4, -0.2) is 70.5 Å². The lowest BCUT2D eigenvalue weighted by atomic mass is 10.1. The summed E-state index contributed by atoms with van der Waals surface area (Å²) in [4.78, 5) is 38.3. The van der Waals surface area contributed by atoms with E-state index in [4.69, 9.17) is 4.74 Å². The normalized spacial score (nSPS) is 19.6. The molecule has 2 fully saturated rings. The molecule has 3 amide bonds. The van der Waals surface area contributed by atoms with Crippen LogP contribution in [0.3, 0.4) is 0 Å². The molecule has 9 heteroatoms. The molecular formula is C20H22FN5O3. The molecule has 0 N–H and O–H groups in total. The second-order valence-electron chi connectivity index (χ2n) is 7.10. The van der Waals surface area contributed by atoms with Gasteiger partial charge in [0.15, 0.2) is 0 Å². The zero-order valence-corrected chi connectivity index (χ0v) is 15.9. The van der Waals surface area contributed by atoms with Crippen molar-refractivity contribution in [2.45, 2.75) is 18.9 Å². The van der Waals surface area contributed by atoms with Crippen LogP contribution in [0.15, 0.2) is 42.9 Å². The molecule has 1 aromatic heterocycles. The van der Waals surface area contributed by atoms with Crippen molar-refractivity contribution < 1.29 is 18.7 Å². The number of anilines is 1. The zero-order chi connectivity index (χ0) is 20.2. The molecular weight excluding hydrogens is 377 g/mol. The summed E-state index contributed by atoms with van der Waals surface area (Å²) >= 11 is 0. The minimum atomic E-state index is -0.351. The summed E-state index contributed by atoms with van der Waals surface area (Å²) < 4.78 is 18.9. The van der Waals surface area contributed by atoms with E-state index < -0.39 is 0 Å². The van der Waals surface area contributed by atoms with Crippen LogP contribution < -0.4 is 9.64 Å². The van der Waals surface area contributed by atoms with Crippen molar-refractivity contribution >= 4 is 17.6 Å². The number of likely N-dealkylation sites (tertiary alicyclic amines) is 1. The van der Waals surface area contributed by atoms with E-state index in [1.54, 1.807) is 40.5 Å². The van der Waals surface area contributed by atoms with Gasteiger partial charge < -0.3 is 14.5 Å². The molecule has 1 aromatic carbocycles. The second-order valence-corrected chi connectivity index (χ2v) is 7.10. The molecule has 4 rings (SSSR count). The van der Waals surface area contributed by atoms with Crippen LogP contribution in [0.4, 0.5) is 14.9 Å². The number of carbonyl (C=O) groups excluding carboxylic acids is 2. The SMILES string of the molecule is O=C(CN1CCN(c2ccc(F)cc2)C1=O)N1CCC[C@@H](Oc2cnccn2)C1. The van der Waals surface area contributed by atoms with Crippen LogP contribution in [0.1, 0.15) is 12.8 Å². The molecule has 0 radical (unpaired) electrons. The highest BCUT2D eigenvalue weighted by Crippen LogP contribution is 2.21. The fourth-order valence-corrected chi connectivity index (χ4v) is 3.63. The maximum absolute atomic E-state index is 13.1. The quantitative estimate of drug-likeness (QED) is 0.768. The van der Waals surface area contributed by atoms with Crippen molar-refractivity contribution in [2.24, 2.45) is 0 Å². The van der Waals surface area contributed by atoms with Gasteiger partial charge in [-0.2, -0.15) is 0 Å². The van der Waals surface area contributed by atoms with Gasteiger partial charge in [0.05, 0.1) is 12.7 Å². The van der Waals surface area contributed by atoms with Crippen molar-refractivity contribution in [3.8, 4) is 5.88 Å². The van der Waals surface area contributed by atoms with Gasteiger partial charge in [0.1, 0.15) is 18.5 Å². The number of amides is 3.